The number of halogens is 2. The minimum Gasteiger partial charge on any atom is -0.493 e. The van der Waals surface area contributed by atoms with Gasteiger partial charge in [0.25, 0.3) is 11.4 Å². The molecule has 2 aromatic rings. The van der Waals surface area contributed by atoms with E-state index in [-0.39, 0.29) is 21.0 Å². The molecule has 0 amide bonds. The molecule has 0 aliphatic rings. The van der Waals surface area contributed by atoms with E-state index in [9.17, 15) is 20.2 Å². The number of nitrogens with zero attached hydrogens (tertiary/aromatic N) is 2. The van der Waals surface area contributed by atoms with E-state index in [0.29, 0.717) is 34.1 Å². The molecule has 0 fully saturated rings. The fraction of sp³-hybridized carbons (Fsp3) is 0.538. The van der Waals surface area contributed by atoms with E-state index in [1.807, 2.05) is 0 Å². The summed E-state index contributed by atoms with van der Waals surface area (Å²) in [5.74, 6) is 1.57. The molecule has 2 rings (SSSR count). The summed E-state index contributed by atoms with van der Waals surface area (Å²) in [6, 6.07) is 6.12. The molecular formula is C26H34Br2N2O8. The molecule has 10 nitrogen and oxygen atoms in total. The van der Waals surface area contributed by atoms with Gasteiger partial charge in [-0.3, -0.25) is 20.2 Å². The first-order valence-electron chi connectivity index (χ1n) is 12.3. The third kappa shape index (κ3) is 8.45. The second-order valence-electron chi connectivity index (χ2n) is 8.68. The minimum absolute atomic E-state index is 0.00330. The number of alkyl halides is 2. The Morgan fingerprint density at radius 3 is 1.18 bits per heavy atom. The first kappa shape index (κ1) is 31.6. The van der Waals surface area contributed by atoms with E-state index in [2.05, 4.69) is 31.9 Å². The molecule has 210 valence electrons. The number of ether oxygens (including phenoxy) is 4. The number of methoxy groups -OCH3 is 4. The highest BCUT2D eigenvalue weighted by molar-refractivity contribution is 9.09. The molecule has 0 radical (unpaired) electrons. The molecule has 2 unspecified atom stereocenters. The summed E-state index contributed by atoms with van der Waals surface area (Å²) in [6.45, 7) is 0. The molecule has 0 aliphatic carbocycles. The first-order chi connectivity index (χ1) is 18.2. The molecule has 0 N–H and O–H groups in total. The summed E-state index contributed by atoms with van der Waals surface area (Å²) in [5.41, 5.74) is 1.15. The normalized spacial score (nSPS) is 12.5. The highest BCUT2D eigenvalue weighted by Crippen LogP contribution is 2.43. The molecule has 0 heterocycles. The lowest BCUT2D eigenvalue weighted by Crippen LogP contribution is -2.01. The van der Waals surface area contributed by atoms with Crippen molar-refractivity contribution in [1.29, 1.82) is 0 Å². The van der Waals surface area contributed by atoms with E-state index in [1.54, 1.807) is 12.1 Å². The second kappa shape index (κ2) is 15.7. The van der Waals surface area contributed by atoms with Crippen molar-refractivity contribution in [3.8, 4) is 23.0 Å². The Kier molecular flexibility index (Phi) is 13.1. The Balaban J connectivity index is 1.81. The van der Waals surface area contributed by atoms with Crippen LogP contribution in [-0.4, -0.2) is 38.3 Å². The number of hydrogen-bond acceptors (Lipinski definition) is 8. The van der Waals surface area contributed by atoms with E-state index >= 15 is 0 Å². The maximum atomic E-state index is 11.6. The topological polar surface area (TPSA) is 123 Å². The van der Waals surface area contributed by atoms with E-state index in [1.165, 1.54) is 40.6 Å². The standard InChI is InChI=1S/C26H34Br2N2O8/c1-35-23-13-17(21(29(31)32)15-25(23)37-3)19(27)11-9-7-5-6-8-10-12-20(28)18-14-24(36-2)26(38-4)16-22(18)30(33)34/h13-16,19-20H,5-12H2,1-4H3. The molecule has 0 saturated heterocycles. The average molecular weight is 662 g/mol. The number of hydrogen-bond donors (Lipinski definition) is 0. The van der Waals surface area contributed by atoms with Crippen LogP contribution >= 0.6 is 31.9 Å². The summed E-state index contributed by atoms with van der Waals surface area (Å²) in [6.07, 6.45) is 7.42. The SMILES string of the molecule is COc1cc(C(Br)CCCCCCCCC(Br)c2cc(OC)c(OC)cc2[N+](=O)[O-])c([N+](=O)[O-])cc1OC. The Bertz CT molecular complexity index is 1010. The molecule has 38 heavy (non-hydrogen) atoms. The molecule has 2 aromatic carbocycles. The Hall–Kier alpha value is -2.60. The van der Waals surface area contributed by atoms with E-state index in [0.717, 1.165) is 51.4 Å². The van der Waals surface area contributed by atoms with Gasteiger partial charge in [-0.05, 0) is 25.0 Å². The van der Waals surface area contributed by atoms with Crippen molar-refractivity contribution >= 4 is 43.2 Å². The first-order valence-corrected chi connectivity index (χ1v) is 14.1. The van der Waals surface area contributed by atoms with Gasteiger partial charge in [-0.2, -0.15) is 0 Å². The fourth-order valence-corrected chi connectivity index (χ4v) is 5.63. The number of benzene rings is 2. The van der Waals surface area contributed by atoms with Crippen LogP contribution in [0.1, 0.15) is 72.1 Å². The molecule has 2 atom stereocenters. The van der Waals surface area contributed by atoms with Gasteiger partial charge in [-0.1, -0.05) is 70.4 Å². The Morgan fingerprint density at radius 2 is 0.895 bits per heavy atom. The van der Waals surface area contributed by atoms with Crippen LogP contribution in [0, 0.1) is 20.2 Å². The van der Waals surface area contributed by atoms with Gasteiger partial charge in [-0.15, -0.1) is 0 Å². The van der Waals surface area contributed by atoms with Crippen molar-refractivity contribution < 1.29 is 28.8 Å². The lowest BCUT2D eigenvalue weighted by atomic mass is 10.0. The number of unbranched alkanes of at least 4 members (excludes halogenated alkanes) is 5. The highest BCUT2D eigenvalue weighted by atomic mass is 79.9. The number of nitro groups is 2. The van der Waals surface area contributed by atoms with Crippen LogP contribution in [0.3, 0.4) is 0 Å². The molecule has 0 aliphatic heterocycles. The van der Waals surface area contributed by atoms with Crippen molar-refractivity contribution in [2.45, 2.75) is 61.0 Å². The van der Waals surface area contributed by atoms with Gasteiger partial charge in [-0.25, -0.2) is 0 Å². The second-order valence-corrected chi connectivity index (χ2v) is 10.9. The lowest BCUT2D eigenvalue weighted by Gasteiger charge is -2.15. The van der Waals surface area contributed by atoms with Gasteiger partial charge in [0.1, 0.15) is 0 Å². The van der Waals surface area contributed by atoms with Crippen LogP contribution in [0.5, 0.6) is 23.0 Å². The molecule has 0 saturated carbocycles. The predicted molar refractivity (Wildman–Crippen MR) is 153 cm³/mol. The van der Waals surface area contributed by atoms with Crippen LogP contribution in [0.15, 0.2) is 24.3 Å². The van der Waals surface area contributed by atoms with Crippen molar-refractivity contribution in [2.24, 2.45) is 0 Å². The monoisotopic (exact) mass is 660 g/mol. The molecule has 0 bridgehead atoms. The van der Waals surface area contributed by atoms with Gasteiger partial charge in [0.15, 0.2) is 23.0 Å². The zero-order valence-corrected chi connectivity index (χ0v) is 25.2. The summed E-state index contributed by atoms with van der Waals surface area (Å²) in [7, 11) is 5.91. The van der Waals surface area contributed by atoms with Gasteiger partial charge >= 0.3 is 0 Å². The van der Waals surface area contributed by atoms with E-state index < -0.39 is 9.85 Å². The maximum Gasteiger partial charge on any atom is 0.277 e. The summed E-state index contributed by atoms with van der Waals surface area (Å²) >= 11 is 7.22. The lowest BCUT2D eigenvalue weighted by molar-refractivity contribution is -0.385. The van der Waals surface area contributed by atoms with Gasteiger partial charge in [0, 0.05) is 20.8 Å². The molecule has 0 spiro atoms. The van der Waals surface area contributed by atoms with Gasteiger partial charge in [0.05, 0.1) is 50.4 Å². The Morgan fingerprint density at radius 1 is 0.605 bits per heavy atom. The zero-order chi connectivity index (χ0) is 28.2. The molecular weight excluding hydrogens is 628 g/mol. The van der Waals surface area contributed by atoms with E-state index in [4.69, 9.17) is 18.9 Å². The largest absolute Gasteiger partial charge is 0.493 e. The maximum absolute atomic E-state index is 11.6. The van der Waals surface area contributed by atoms with Crippen LogP contribution in [0.2, 0.25) is 0 Å². The number of rotatable bonds is 17. The third-order valence-electron chi connectivity index (χ3n) is 6.30. The van der Waals surface area contributed by atoms with Gasteiger partial charge < -0.3 is 18.9 Å². The van der Waals surface area contributed by atoms with Crippen molar-refractivity contribution in [3.63, 3.8) is 0 Å². The number of nitro benzene ring substituents is 2. The van der Waals surface area contributed by atoms with Crippen LogP contribution < -0.4 is 18.9 Å². The van der Waals surface area contributed by atoms with Crippen LogP contribution in [0.4, 0.5) is 11.4 Å². The smallest absolute Gasteiger partial charge is 0.277 e. The van der Waals surface area contributed by atoms with Gasteiger partial charge in [0.2, 0.25) is 0 Å². The summed E-state index contributed by atoms with van der Waals surface area (Å²) in [4.78, 5) is 22.0. The quantitative estimate of drug-likeness (QED) is 0.0719. The molecule has 12 heteroatoms. The van der Waals surface area contributed by atoms with Crippen molar-refractivity contribution in [1.82, 2.24) is 0 Å². The summed E-state index contributed by atoms with van der Waals surface area (Å²) in [5, 5.41) is 23.1. The van der Waals surface area contributed by atoms with Crippen LogP contribution in [-0.2, 0) is 0 Å². The molecule has 0 aromatic heterocycles. The van der Waals surface area contributed by atoms with Crippen molar-refractivity contribution in [2.75, 3.05) is 28.4 Å². The average Bonchev–Trinajstić information content (AvgIpc) is 2.92. The Labute approximate surface area is 239 Å². The third-order valence-corrected chi connectivity index (χ3v) is 8.20. The zero-order valence-electron chi connectivity index (χ0n) is 22.0. The predicted octanol–water partition coefficient (Wildman–Crippen LogP) is 8.23. The fourth-order valence-electron chi connectivity index (χ4n) is 4.25. The minimum atomic E-state index is -0.403. The summed E-state index contributed by atoms with van der Waals surface area (Å²) < 4.78 is 21.0. The highest BCUT2D eigenvalue weighted by Gasteiger charge is 2.25. The van der Waals surface area contributed by atoms with Crippen LogP contribution in [0.25, 0.3) is 0 Å². The van der Waals surface area contributed by atoms with Crippen molar-refractivity contribution in [3.05, 3.63) is 55.6 Å².